The normalized spacial score (nSPS) is 14.1. The van der Waals surface area contributed by atoms with Gasteiger partial charge in [0, 0.05) is 25.3 Å². The van der Waals surface area contributed by atoms with Crippen molar-refractivity contribution in [1.29, 1.82) is 0 Å². The number of nitrogens with zero attached hydrogens (tertiary/aromatic N) is 4. The van der Waals surface area contributed by atoms with Crippen molar-refractivity contribution in [3.05, 3.63) is 41.9 Å². The van der Waals surface area contributed by atoms with Gasteiger partial charge in [0.05, 0.1) is 17.5 Å². The van der Waals surface area contributed by atoms with Gasteiger partial charge in [-0.1, -0.05) is 19.9 Å². The zero-order valence-corrected chi connectivity index (χ0v) is 14.4. The molecule has 6 heteroatoms. The molecule has 1 N–H and O–H groups in total. The molecular formula is C18H25N5O. The van der Waals surface area contributed by atoms with Gasteiger partial charge in [0.25, 0.3) is 5.91 Å². The molecule has 2 aromatic heterocycles. The molecule has 0 spiro atoms. The Morgan fingerprint density at radius 3 is 2.83 bits per heavy atom. The number of nitrogens with one attached hydrogen (secondary N) is 1. The highest BCUT2D eigenvalue weighted by Gasteiger charge is 2.27. The van der Waals surface area contributed by atoms with E-state index in [1.54, 1.807) is 17.1 Å². The molecular weight excluding hydrogens is 302 g/mol. The number of carbonyl (C=O) groups is 1. The quantitative estimate of drug-likeness (QED) is 0.806. The monoisotopic (exact) mass is 327 g/mol. The number of pyridine rings is 1. The van der Waals surface area contributed by atoms with E-state index in [9.17, 15) is 4.79 Å². The molecule has 24 heavy (non-hydrogen) atoms. The summed E-state index contributed by atoms with van der Waals surface area (Å²) in [6, 6.07) is 6.40. The summed E-state index contributed by atoms with van der Waals surface area (Å²) in [6.07, 6.45) is 6.68. The molecule has 2 aromatic rings. The summed E-state index contributed by atoms with van der Waals surface area (Å²) in [4.78, 5) is 19.3. The number of aromatic nitrogens is 3. The first-order valence-electron chi connectivity index (χ1n) is 8.75. The molecule has 0 aliphatic heterocycles. The molecule has 128 valence electrons. The van der Waals surface area contributed by atoms with Crippen LogP contribution in [0.4, 0.5) is 0 Å². The standard InChI is InChI=1S/C18H25N5O/c1-3-16-15(13-21-23(16)17-7-5-6-10-19-17)18(24)20-11-12-22(4-2)14-8-9-14/h5-7,10,13-14H,3-4,8-9,11-12H2,1-2H3,(H,20,24). The van der Waals surface area contributed by atoms with Gasteiger partial charge in [0.1, 0.15) is 0 Å². The Hall–Kier alpha value is -2.21. The van der Waals surface area contributed by atoms with Gasteiger partial charge in [-0.3, -0.25) is 9.69 Å². The number of rotatable bonds is 8. The van der Waals surface area contributed by atoms with Gasteiger partial charge in [-0.15, -0.1) is 0 Å². The average molecular weight is 327 g/mol. The summed E-state index contributed by atoms with van der Waals surface area (Å²) >= 11 is 0. The van der Waals surface area contributed by atoms with E-state index in [0.717, 1.165) is 37.1 Å². The maximum atomic E-state index is 12.5. The summed E-state index contributed by atoms with van der Waals surface area (Å²) in [6.45, 7) is 6.81. The fourth-order valence-corrected chi connectivity index (χ4v) is 3.03. The van der Waals surface area contributed by atoms with E-state index in [1.165, 1.54) is 12.8 Å². The lowest BCUT2D eigenvalue weighted by Gasteiger charge is -2.19. The van der Waals surface area contributed by atoms with Crippen LogP contribution >= 0.6 is 0 Å². The molecule has 6 nitrogen and oxygen atoms in total. The topological polar surface area (TPSA) is 63.1 Å². The van der Waals surface area contributed by atoms with Gasteiger partial charge in [-0.2, -0.15) is 5.10 Å². The van der Waals surface area contributed by atoms with Crippen molar-refractivity contribution in [2.75, 3.05) is 19.6 Å². The summed E-state index contributed by atoms with van der Waals surface area (Å²) in [5.74, 6) is 0.681. The molecule has 0 saturated heterocycles. The minimum atomic E-state index is -0.0547. The molecule has 1 fully saturated rings. The summed E-state index contributed by atoms with van der Waals surface area (Å²) in [5.41, 5.74) is 1.53. The third kappa shape index (κ3) is 3.64. The zero-order valence-electron chi connectivity index (χ0n) is 14.4. The Morgan fingerprint density at radius 1 is 1.38 bits per heavy atom. The van der Waals surface area contributed by atoms with Crippen molar-refractivity contribution >= 4 is 5.91 Å². The molecule has 0 radical (unpaired) electrons. The Bertz CT molecular complexity index is 678. The van der Waals surface area contributed by atoms with Crippen LogP contribution in [0, 0.1) is 0 Å². The van der Waals surface area contributed by atoms with Crippen molar-refractivity contribution in [2.45, 2.75) is 39.2 Å². The smallest absolute Gasteiger partial charge is 0.254 e. The minimum Gasteiger partial charge on any atom is -0.351 e. The molecule has 0 unspecified atom stereocenters. The summed E-state index contributed by atoms with van der Waals surface area (Å²) < 4.78 is 1.75. The Labute approximate surface area is 142 Å². The van der Waals surface area contributed by atoms with Crippen molar-refractivity contribution in [3.63, 3.8) is 0 Å². The maximum Gasteiger partial charge on any atom is 0.254 e. The number of carbonyl (C=O) groups excluding carboxylic acids is 1. The Morgan fingerprint density at radius 2 is 2.21 bits per heavy atom. The van der Waals surface area contributed by atoms with E-state index in [-0.39, 0.29) is 5.91 Å². The molecule has 0 atom stereocenters. The molecule has 1 aliphatic carbocycles. The second-order valence-electron chi connectivity index (χ2n) is 6.07. The summed E-state index contributed by atoms with van der Waals surface area (Å²) in [5, 5.41) is 7.39. The van der Waals surface area contributed by atoms with E-state index in [2.05, 4.69) is 27.2 Å². The number of amides is 1. The van der Waals surface area contributed by atoms with Gasteiger partial charge in [-0.05, 0) is 37.9 Å². The van der Waals surface area contributed by atoms with Crippen molar-refractivity contribution < 1.29 is 4.79 Å². The van der Waals surface area contributed by atoms with Gasteiger partial charge >= 0.3 is 0 Å². The lowest BCUT2D eigenvalue weighted by Crippen LogP contribution is -2.36. The molecule has 3 rings (SSSR count). The van der Waals surface area contributed by atoms with Crippen LogP contribution < -0.4 is 5.32 Å². The lowest BCUT2D eigenvalue weighted by atomic mass is 10.2. The fraction of sp³-hybridized carbons (Fsp3) is 0.500. The van der Waals surface area contributed by atoms with Crippen LogP contribution in [-0.2, 0) is 6.42 Å². The van der Waals surface area contributed by atoms with Crippen molar-refractivity contribution in [1.82, 2.24) is 25.0 Å². The number of likely N-dealkylation sites (N-methyl/N-ethyl adjacent to an activating group) is 1. The number of hydrogen-bond donors (Lipinski definition) is 1. The second kappa shape index (κ2) is 7.57. The summed E-state index contributed by atoms with van der Waals surface area (Å²) in [7, 11) is 0. The molecule has 0 aromatic carbocycles. The van der Waals surface area contributed by atoms with E-state index in [0.29, 0.717) is 12.1 Å². The second-order valence-corrected chi connectivity index (χ2v) is 6.07. The third-order valence-electron chi connectivity index (χ3n) is 4.47. The molecule has 1 amide bonds. The van der Waals surface area contributed by atoms with Crippen LogP contribution in [0.15, 0.2) is 30.6 Å². The third-order valence-corrected chi connectivity index (χ3v) is 4.47. The molecule has 2 heterocycles. The van der Waals surface area contributed by atoms with Crippen LogP contribution in [-0.4, -0.2) is 51.2 Å². The first kappa shape index (κ1) is 16.6. The van der Waals surface area contributed by atoms with E-state index in [4.69, 9.17) is 0 Å². The van der Waals surface area contributed by atoms with Crippen LogP contribution in [0.3, 0.4) is 0 Å². The lowest BCUT2D eigenvalue weighted by molar-refractivity contribution is 0.0947. The number of hydrogen-bond acceptors (Lipinski definition) is 4. The van der Waals surface area contributed by atoms with Gasteiger partial charge in [0.15, 0.2) is 5.82 Å². The first-order chi connectivity index (χ1) is 11.7. The van der Waals surface area contributed by atoms with Crippen LogP contribution in [0.5, 0.6) is 0 Å². The molecule has 0 bridgehead atoms. The Kier molecular flexibility index (Phi) is 5.25. The highest BCUT2D eigenvalue weighted by Crippen LogP contribution is 2.25. The average Bonchev–Trinajstić information content (AvgIpc) is 3.36. The van der Waals surface area contributed by atoms with Gasteiger partial charge in [0.2, 0.25) is 0 Å². The van der Waals surface area contributed by atoms with Gasteiger partial charge < -0.3 is 5.32 Å². The van der Waals surface area contributed by atoms with Crippen LogP contribution in [0.1, 0.15) is 42.7 Å². The predicted molar refractivity (Wildman–Crippen MR) is 93.3 cm³/mol. The molecule has 1 aliphatic rings. The van der Waals surface area contributed by atoms with Crippen LogP contribution in [0.2, 0.25) is 0 Å². The van der Waals surface area contributed by atoms with Crippen LogP contribution in [0.25, 0.3) is 5.82 Å². The maximum absolute atomic E-state index is 12.5. The minimum absolute atomic E-state index is 0.0547. The van der Waals surface area contributed by atoms with E-state index < -0.39 is 0 Å². The van der Waals surface area contributed by atoms with E-state index >= 15 is 0 Å². The predicted octanol–water partition coefficient (Wildman–Crippen LogP) is 2.04. The highest BCUT2D eigenvalue weighted by molar-refractivity contribution is 5.95. The fourth-order valence-electron chi connectivity index (χ4n) is 3.03. The highest BCUT2D eigenvalue weighted by atomic mass is 16.1. The van der Waals surface area contributed by atoms with Crippen molar-refractivity contribution in [2.24, 2.45) is 0 Å². The largest absolute Gasteiger partial charge is 0.351 e. The van der Waals surface area contributed by atoms with Crippen molar-refractivity contribution in [3.8, 4) is 5.82 Å². The van der Waals surface area contributed by atoms with E-state index in [1.807, 2.05) is 25.1 Å². The zero-order chi connectivity index (χ0) is 16.9. The Balaban J connectivity index is 1.65. The SMILES string of the molecule is CCc1c(C(=O)NCCN(CC)C2CC2)cnn1-c1ccccn1. The first-order valence-corrected chi connectivity index (χ1v) is 8.75. The molecule has 1 saturated carbocycles. The van der Waals surface area contributed by atoms with Gasteiger partial charge in [-0.25, -0.2) is 9.67 Å².